The van der Waals surface area contributed by atoms with Gasteiger partial charge in [0.25, 0.3) is 0 Å². The highest BCUT2D eigenvalue weighted by atomic mass is 35.5. The van der Waals surface area contributed by atoms with Crippen molar-refractivity contribution in [3.63, 3.8) is 0 Å². The summed E-state index contributed by atoms with van der Waals surface area (Å²) in [7, 11) is 0. The number of hydrogen-bond acceptors (Lipinski definition) is 3. The first kappa shape index (κ1) is 12.9. The summed E-state index contributed by atoms with van der Waals surface area (Å²) in [5.74, 6) is -0.262. The molecule has 4 nitrogen and oxygen atoms in total. The fraction of sp³-hybridized carbons (Fsp3) is 0.455. The Bertz CT molecular complexity index is 387. The van der Waals surface area contributed by atoms with Gasteiger partial charge in [0.05, 0.1) is 11.7 Å². The molecule has 0 fully saturated rings. The van der Waals surface area contributed by atoms with Gasteiger partial charge in [0.15, 0.2) is 5.15 Å². The highest BCUT2D eigenvalue weighted by molar-refractivity contribution is 6.32. The van der Waals surface area contributed by atoms with Gasteiger partial charge in [-0.25, -0.2) is 4.98 Å². The van der Waals surface area contributed by atoms with E-state index in [1.165, 1.54) is 0 Å². The Kier molecular flexibility index (Phi) is 3.88. The molecule has 1 aromatic heterocycles. The number of nitrogens with two attached hydrogens (primary N) is 1. The van der Waals surface area contributed by atoms with Gasteiger partial charge in [0, 0.05) is 6.20 Å². The molecular weight excluding hydrogens is 226 g/mol. The van der Waals surface area contributed by atoms with Gasteiger partial charge in [0.2, 0.25) is 5.91 Å². The highest BCUT2D eigenvalue weighted by Gasteiger charge is 2.27. The van der Waals surface area contributed by atoms with Crippen LogP contribution in [-0.2, 0) is 4.79 Å². The normalized spacial score (nSPS) is 13.3. The smallest absolute Gasteiger partial charge is 0.241 e. The van der Waals surface area contributed by atoms with Gasteiger partial charge in [-0.1, -0.05) is 32.4 Å². The van der Waals surface area contributed by atoms with Crippen LogP contribution in [0.3, 0.4) is 0 Å². The molecule has 1 atom stereocenters. The van der Waals surface area contributed by atoms with Gasteiger partial charge in [-0.05, 0) is 17.5 Å². The molecule has 0 aromatic carbocycles. The van der Waals surface area contributed by atoms with Gasteiger partial charge in [0.1, 0.15) is 0 Å². The second kappa shape index (κ2) is 4.80. The van der Waals surface area contributed by atoms with Crippen molar-refractivity contribution < 1.29 is 4.79 Å². The van der Waals surface area contributed by atoms with Crippen LogP contribution in [0.5, 0.6) is 0 Å². The van der Waals surface area contributed by atoms with Crippen LogP contribution in [0.2, 0.25) is 5.15 Å². The van der Waals surface area contributed by atoms with Crippen molar-refractivity contribution in [2.45, 2.75) is 26.8 Å². The lowest BCUT2D eigenvalue weighted by atomic mass is 9.87. The molecule has 1 rings (SSSR count). The number of pyridine rings is 1. The maximum Gasteiger partial charge on any atom is 0.241 e. The number of rotatable bonds is 2. The van der Waals surface area contributed by atoms with E-state index in [1.807, 2.05) is 20.8 Å². The quantitative estimate of drug-likeness (QED) is 0.779. The fourth-order valence-electron chi connectivity index (χ4n) is 1.08. The first-order valence-electron chi connectivity index (χ1n) is 4.99. The molecule has 0 saturated carbocycles. The Morgan fingerprint density at radius 1 is 1.56 bits per heavy atom. The molecule has 0 aliphatic carbocycles. The van der Waals surface area contributed by atoms with Crippen molar-refractivity contribution in [3.05, 3.63) is 23.5 Å². The van der Waals surface area contributed by atoms with E-state index in [0.29, 0.717) is 5.69 Å². The number of nitrogens with one attached hydrogen (secondary N) is 1. The second-order valence-electron chi connectivity index (χ2n) is 4.67. The van der Waals surface area contributed by atoms with E-state index < -0.39 is 6.04 Å². The van der Waals surface area contributed by atoms with Crippen LogP contribution in [-0.4, -0.2) is 16.9 Å². The summed E-state index contributed by atoms with van der Waals surface area (Å²) in [6.45, 7) is 5.71. The molecule has 0 spiro atoms. The summed E-state index contributed by atoms with van der Waals surface area (Å²) in [5.41, 5.74) is 6.00. The van der Waals surface area contributed by atoms with Crippen molar-refractivity contribution in [1.82, 2.24) is 4.98 Å². The number of hydrogen-bond donors (Lipinski definition) is 2. The molecule has 0 aliphatic heterocycles. The molecule has 0 aliphatic rings. The largest absolute Gasteiger partial charge is 0.322 e. The van der Waals surface area contributed by atoms with Crippen molar-refractivity contribution in [2.24, 2.45) is 11.1 Å². The summed E-state index contributed by atoms with van der Waals surface area (Å²) in [4.78, 5) is 15.7. The number of anilines is 1. The van der Waals surface area contributed by atoms with Crippen molar-refractivity contribution in [2.75, 3.05) is 5.32 Å². The number of amides is 1. The van der Waals surface area contributed by atoms with Crippen LogP contribution in [0.15, 0.2) is 18.3 Å². The summed E-state index contributed by atoms with van der Waals surface area (Å²) in [6, 6.07) is 2.79. The number of halogens is 1. The third-order valence-corrected chi connectivity index (χ3v) is 2.53. The lowest BCUT2D eigenvalue weighted by Crippen LogP contribution is -2.45. The standard InChI is InChI=1S/C11H16ClN3O/c1-11(2,3)8(13)10(16)15-7-5-4-6-14-9(7)12/h4-6,8H,13H2,1-3H3,(H,15,16)/t8-/m1/s1. The Morgan fingerprint density at radius 2 is 2.19 bits per heavy atom. The fourth-order valence-corrected chi connectivity index (χ4v) is 1.25. The van der Waals surface area contributed by atoms with Crippen molar-refractivity contribution in [3.8, 4) is 0 Å². The van der Waals surface area contributed by atoms with Gasteiger partial charge < -0.3 is 11.1 Å². The summed E-state index contributed by atoms with van der Waals surface area (Å²) < 4.78 is 0. The van der Waals surface area contributed by atoms with Crippen LogP contribution < -0.4 is 11.1 Å². The molecule has 0 radical (unpaired) electrons. The van der Waals surface area contributed by atoms with E-state index in [0.717, 1.165) is 0 Å². The number of aromatic nitrogens is 1. The SMILES string of the molecule is CC(C)(C)[C@H](N)C(=O)Nc1cccnc1Cl. The van der Waals surface area contributed by atoms with Gasteiger partial charge in [-0.2, -0.15) is 0 Å². The topological polar surface area (TPSA) is 68.0 Å². The number of nitrogens with zero attached hydrogens (tertiary/aromatic N) is 1. The molecule has 1 aromatic rings. The van der Waals surface area contributed by atoms with E-state index in [-0.39, 0.29) is 16.5 Å². The van der Waals surface area contributed by atoms with Crippen LogP contribution in [0.4, 0.5) is 5.69 Å². The molecular formula is C11H16ClN3O. The monoisotopic (exact) mass is 241 g/mol. The average molecular weight is 242 g/mol. The Hall–Kier alpha value is -1.13. The van der Waals surface area contributed by atoms with Gasteiger partial charge >= 0.3 is 0 Å². The van der Waals surface area contributed by atoms with E-state index >= 15 is 0 Å². The minimum Gasteiger partial charge on any atom is -0.322 e. The zero-order chi connectivity index (χ0) is 12.3. The van der Waals surface area contributed by atoms with Crippen LogP contribution in [0.25, 0.3) is 0 Å². The zero-order valence-electron chi connectivity index (χ0n) is 9.62. The Morgan fingerprint density at radius 3 is 2.69 bits per heavy atom. The highest BCUT2D eigenvalue weighted by Crippen LogP contribution is 2.21. The van der Waals surface area contributed by atoms with Crippen LogP contribution in [0.1, 0.15) is 20.8 Å². The first-order valence-corrected chi connectivity index (χ1v) is 5.37. The number of carbonyl (C=O) groups excluding carboxylic acids is 1. The van der Waals surface area contributed by atoms with E-state index in [2.05, 4.69) is 10.3 Å². The minimum absolute atomic E-state index is 0.261. The molecule has 0 unspecified atom stereocenters. The third-order valence-electron chi connectivity index (χ3n) is 2.23. The average Bonchev–Trinajstić information content (AvgIpc) is 2.19. The summed E-state index contributed by atoms with van der Waals surface area (Å²) >= 11 is 5.82. The zero-order valence-corrected chi connectivity index (χ0v) is 10.4. The molecule has 0 bridgehead atoms. The second-order valence-corrected chi connectivity index (χ2v) is 5.03. The van der Waals surface area contributed by atoms with E-state index in [1.54, 1.807) is 18.3 Å². The predicted octanol–water partition coefficient (Wildman–Crippen LogP) is 2.05. The molecule has 3 N–H and O–H groups in total. The van der Waals surface area contributed by atoms with E-state index in [4.69, 9.17) is 17.3 Å². The molecule has 16 heavy (non-hydrogen) atoms. The first-order chi connectivity index (χ1) is 7.32. The number of carbonyl (C=O) groups is 1. The Balaban J connectivity index is 2.76. The summed E-state index contributed by atoms with van der Waals surface area (Å²) in [6.07, 6.45) is 1.56. The molecule has 1 amide bonds. The lowest BCUT2D eigenvalue weighted by molar-refractivity contribution is -0.119. The van der Waals surface area contributed by atoms with Crippen LogP contribution in [0, 0.1) is 5.41 Å². The third kappa shape index (κ3) is 3.18. The van der Waals surface area contributed by atoms with Crippen molar-refractivity contribution >= 4 is 23.2 Å². The summed E-state index contributed by atoms with van der Waals surface area (Å²) in [5, 5.41) is 2.92. The predicted molar refractivity (Wildman–Crippen MR) is 65.3 cm³/mol. The molecule has 5 heteroatoms. The van der Waals surface area contributed by atoms with Gasteiger partial charge in [-0.3, -0.25) is 4.79 Å². The molecule has 1 heterocycles. The maximum absolute atomic E-state index is 11.8. The van der Waals surface area contributed by atoms with Crippen molar-refractivity contribution in [1.29, 1.82) is 0 Å². The lowest BCUT2D eigenvalue weighted by Gasteiger charge is -2.25. The Labute approximate surface area is 100 Å². The van der Waals surface area contributed by atoms with Gasteiger partial charge in [-0.15, -0.1) is 0 Å². The molecule has 0 saturated heterocycles. The van der Waals surface area contributed by atoms with E-state index in [9.17, 15) is 4.79 Å². The minimum atomic E-state index is -0.594. The van der Waals surface area contributed by atoms with Crippen LogP contribution >= 0.6 is 11.6 Å². The molecule has 88 valence electrons. The maximum atomic E-state index is 11.8.